The number of nitrogens with zero attached hydrogens (tertiary/aromatic N) is 2. The lowest BCUT2D eigenvalue weighted by molar-refractivity contribution is -0.115. The fourth-order valence-electron chi connectivity index (χ4n) is 2.26. The lowest BCUT2D eigenvalue weighted by atomic mass is 10.1. The maximum absolute atomic E-state index is 12.9. The molecule has 0 aliphatic carbocycles. The van der Waals surface area contributed by atoms with Gasteiger partial charge < -0.3 is 11.1 Å². The van der Waals surface area contributed by atoms with Gasteiger partial charge in [-0.3, -0.25) is 14.6 Å². The highest BCUT2D eigenvalue weighted by Crippen LogP contribution is 2.22. The van der Waals surface area contributed by atoms with Gasteiger partial charge in [0.25, 0.3) is 5.56 Å². The number of benzene rings is 2. The number of hydrogen-bond acceptors (Lipinski definition) is 6. The van der Waals surface area contributed by atoms with Crippen LogP contribution in [0.4, 0.5) is 15.8 Å². The molecule has 3 aromatic rings. The van der Waals surface area contributed by atoms with Crippen molar-refractivity contribution in [3.63, 3.8) is 0 Å². The third-order valence-electron chi connectivity index (χ3n) is 3.66. The predicted molar refractivity (Wildman–Crippen MR) is 103 cm³/mol. The molecule has 0 unspecified atom stereocenters. The quantitative estimate of drug-likeness (QED) is 0.460. The van der Waals surface area contributed by atoms with Crippen molar-refractivity contribution >= 4 is 29.0 Å². The first-order valence-electron chi connectivity index (χ1n) is 7.99. The van der Waals surface area contributed by atoms with E-state index in [1.54, 1.807) is 31.2 Å². The van der Waals surface area contributed by atoms with Crippen molar-refractivity contribution in [1.82, 2.24) is 15.2 Å². The maximum Gasteiger partial charge on any atom is 0.278 e. The minimum absolute atomic E-state index is 0.112. The van der Waals surface area contributed by atoms with Gasteiger partial charge in [0.15, 0.2) is 10.9 Å². The van der Waals surface area contributed by atoms with Crippen molar-refractivity contribution in [2.75, 3.05) is 11.1 Å². The minimum atomic E-state index is -0.562. The third-order valence-corrected chi connectivity index (χ3v) is 4.64. The molecular formula is C18H16FN5O2S. The second-order valence-electron chi connectivity index (χ2n) is 5.65. The van der Waals surface area contributed by atoms with Crippen molar-refractivity contribution < 1.29 is 9.18 Å². The monoisotopic (exact) mass is 385 g/mol. The second-order valence-corrected chi connectivity index (χ2v) is 6.98. The van der Waals surface area contributed by atoms with Crippen molar-refractivity contribution in [3.05, 3.63) is 64.7 Å². The number of para-hydroxylation sites is 1. The van der Waals surface area contributed by atoms with Crippen molar-refractivity contribution in [2.45, 2.75) is 17.3 Å². The predicted octanol–water partition coefficient (Wildman–Crippen LogP) is 2.67. The van der Waals surface area contributed by atoms with Crippen LogP contribution in [0.2, 0.25) is 0 Å². The lowest BCUT2D eigenvalue weighted by Gasteiger charge is -2.11. The van der Waals surface area contributed by atoms with E-state index in [1.165, 1.54) is 24.3 Å². The Morgan fingerprint density at radius 3 is 2.56 bits per heavy atom. The summed E-state index contributed by atoms with van der Waals surface area (Å²) >= 11 is 1.05. The number of H-pyrrole nitrogens is 1. The van der Waals surface area contributed by atoms with E-state index in [9.17, 15) is 14.0 Å². The molecule has 0 spiro atoms. The molecule has 0 aliphatic heterocycles. The lowest BCUT2D eigenvalue weighted by Crippen LogP contribution is -2.23. The number of nitrogen functional groups attached to an aromatic ring is 1. The summed E-state index contributed by atoms with van der Waals surface area (Å²) in [7, 11) is 0. The third kappa shape index (κ3) is 4.50. The molecule has 3 rings (SSSR count). The molecule has 2 aromatic carbocycles. The van der Waals surface area contributed by atoms with Gasteiger partial charge in [0.1, 0.15) is 5.82 Å². The van der Waals surface area contributed by atoms with E-state index < -0.39 is 10.8 Å². The van der Waals surface area contributed by atoms with E-state index in [4.69, 9.17) is 5.73 Å². The Bertz CT molecular complexity index is 1020. The first-order chi connectivity index (χ1) is 12.9. The fourth-order valence-corrected chi connectivity index (χ4v) is 3.00. The van der Waals surface area contributed by atoms with Gasteiger partial charge >= 0.3 is 0 Å². The summed E-state index contributed by atoms with van der Waals surface area (Å²) in [6.45, 7) is 1.66. The van der Waals surface area contributed by atoms with E-state index in [-0.39, 0.29) is 22.6 Å². The molecule has 7 nitrogen and oxygen atoms in total. The maximum atomic E-state index is 12.9. The van der Waals surface area contributed by atoms with Crippen LogP contribution >= 0.6 is 11.8 Å². The van der Waals surface area contributed by atoms with Crippen LogP contribution < -0.4 is 16.6 Å². The van der Waals surface area contributed by atoms with Crippen LogP contribution in [0.3, 0.4) is 0 Å². The number of thioether (sulfide) groups is 1. The summed E-state index contributed by atoms with van der Waals surface area (Å²) in [6, 6.07) is 12.3. The van der Waals surface area contributed by atoms with Gasteiger partial charge in [0, 0.05) is 16.9 Å². The Balaban J connectivity index is 1.71. The van der Waals surface area contributed by atoms with Crippen molar-refractivity contribution in [2.24, 2.45) is 0 Å². The average molecular weight is 385 g/mol. The number of hydrogen-bond donors (Lipinski definition) is 3. The summed E-state index contributed by atoms with van der Waals surface area (Å²) in [4.78, 5) is 27.1. The van der Waals surface area contributed by atoms with E-state index in [0.717, 1.165) is 11.8 Å². The molecule has 1 amide bonds. The topological polar surface area (TPSA) is 114 Å². The Labute approximate surface area is 158 Å². The number of rotatable bonds is 5. The van der Waals surface area contributed by atoms with Gasteiger partial charge in [-0.25, -0.2) is 4.39 Å². The van der Waals surface area contributed by atoms with Crippen LogP contribution in [0.5, 0.6) is 0 Å². The molecule has 0 bridgehead atoms. The number of anilines is 2. The number of aromatic nitrogens is 3. The van der Waals surface area contributed by atoms with E-state index >= 15 is 0 Å². The molecular weight excluding hydrogens is 369 g/mol. The Morgan fingerprint density at radius 1 is 1.19 bits per heavy atom. The number of carbonyl (C=O) groups is 1. The van der Waals surface area contributed by atoms with Crippen LogP contribution in [0.15, 0.2) is 58.5 Å². The first kappa shape index (κ1) is 18.6. The molecule has 9 heteroatoms. The molecule has 0 saturated carbocycles. The Kier molecular flexibility index (Phi) is 5.51. The number of carbonyl (C=O) groups excluding carboxylic acids is 1. The SMILES string of the molecule is C[C@@H](Sc1nnc(-c2ccccc2N)c(=O)[nH]1)C(=O)Nc1ccc(F)cc1. The number of nitrogens with one attached hydrogen (secondary N) is 2. The highest BCUT2D eigenvalue weighted by Gasteiger charge is 2.18. The molecule has 4 N–H and O–H groups in total. The number of nitrogens with two attached hydrogens (primary N) is 1. The largest absolute Gasteiger partial charge is 0.398 e. The summed E-state index contributed by atoms with van der Waals surface area (Å²) < 4.78 is 12.9. The normalized spacial score (nSPS) is 11.8. The molecule has 1 aromatic heterocycles. The molecule has 138 valence electrons. The van der Waals surface area contributed by atoms with Crippen molar-refractivity contribution in [1.29, 1.82) is 0 Å². The molecule has 0 radical (unpaired) electrons. The van der Waals surface area contributed by atoms with Crippen LogP contribution in [0.25, 0.3) is 11.3 Å². The summed E-state index contributed by atoms with van der Waals surface area (Å²) in [5, 5.41) is 10.2. The second kappa shape index (κ2) is 8.00. The summed E-state index contributed by atoms with van der Waals surface area (Å²) in [5.74, 6) is -0.701. The first-order valence-corrected chi connectivity index (χ1v) is 8.87. The molecule has 1 atom stereocenters. The highest BCUT2D eigenvalue weighted by atomic mass is 32.2. The highest BCUT2D eigenvalue weighted by molar-refractivity contribution is 8.00. The summed E-state index contributed by atoms with van der Waals surface area (Å²) in [5.41, 5.74) is 6.91. The zero-order chi connectivity index (χ0) is 19.4. The van der Waals surface area contributed by atoms with Gasteiger partial charge in [0.05, 0.1) is 5.25 Å². The summed E-state index contributed by atoms with van der Waals surface area (Å²) in [6.07, 6.45) is 0. The van der Waals surface area contributed by atoms with Gasteiger partial charge in [-0.1, -0.05) is 30.0 Å². The van der Waals surface area contributed by atoms with E-state index in [1.807, 2.05) is 0 Å². The number of amides is 1. The molecule has 0 fully saturated rings. The molecule has 0 aliphatic rings. The smallest absolute Gasteiger partial charge is 0.278 e. The fraction of sp³-hybridized carbons (Fsp3) is 0.111. The van der Waals surface area contributed by atoms with Crippen LogP contribution in [-0.4, -0.2) is 26.3 Å². The van der Waals surface area contributed by atoms with E-state index in [2.05, 4.69) is 20.5 Å². The molecule has 27 heavy (non-hydrogen) atoms. The molecule has 1 heterocycles. The van der Waals surface area contributed by atoms with Crippen molar-refractivity contribution in [3.8, 4) is 11.3 Å². The number of halogens is 1. The van der Waals surface area contributed by atoms with Crippen LogP contribution in [0, 0.1) is 5.82 Å². The number of aromatic amines is 1. The van der Waals surface area contributed by atoms with Gasteiger partial charge in [0.2, 0.25) is 5.91 Å². The van der Waals surface area contributed by atoms with Gasteiger partial charge in [-0.15, -0.1) is 10.2 Å². The minimum Gasteiger partial charge on any atom is -0.398 e. The molecule has 0 saturated heterocycles. The van der Waals surface area contributed by atoms with Crippen LogP contribution in [-0.2, 0) is 4.79 Å². The van der Waals surface area contributed by atoms with E-state index in [0.29, 0.717) is 16.9 Å². The zero-order valence-corrected chi connectivity index (χ0v) is 15.1. The Morgan fingerprint density at radius 2 is 1.89 bits per heavy atom. The van der Waals surface area contributed by atoms with Crippen LogP contribution in [0.1, 0.15) is 6.92 Å². The van der Waals surface area contributed by atoms with Gasteiger partial charge in [-0.2, -0.15) is 0 Å². The Hall–Kier alpha value is -3.20. The standard InChI is InChI=1S/C18H16FN5O2S/c1-10(16(25)21-12-8-6-11(19)7-9-12)27-18-22-17(26)15(23-24-18)13-4-2-3-5-14(13)20/h2-10H,20H2,1H3,(H,21,25)(H,22,24,26)/t10-/m1/s1. The van der Waals surface area contributed by atoms with Gasteiger partial charge in [-0.05, 0) is 37.3 Å². The average Bonchev–Trinajstić information content (AvgIpc) is 2.64. The zero-order valence-electron chi connectivity index (χ0n) is 14.3.